The molecule has 1 heterocycles. The lowest BCUT2D eigenvalue weighted by atomic mass is 10.2. The Morgan fingerprint density at radius 2 is 1.65 bits per heavy atom. The molecule has 1 amide bonds. The lowest BCUT2D eigenvalue weighted by Crippen LogP contribution is -2.21. The van der Waals surface area contributed by atoms with Crippen molar-refractivity contribution in [3.8, 4) is 17.2 Å². The van der Waals surface area contributed by atoms with Crippen LogP contribution in [0.5, 0.6) is 11.5 Å². The number of nitrogens with zero attached hydrogens (tertiary/aromatic N) is 1. The van der Waals surface area contributed by atoms with Gasteiger partial charge in [0.15, 0.2) is 6.61 Å². The number of nitrogens with one attached hydrogen (secondary N) is 1. The Hall–Kier alpha value is -3.74. The zero-order valence-corrected chi connectivity index (χ0v) is 18.3. The van der Waals surface area contributed by atoms with Crippen LogP contribution in [0.4, 0.5) is 5.69 Å². The molecule has 0 unspecified atom stereocenters. The van der Waals surface area contributed by atoms with Gasteiger partial charge in [0, 0.05) is 23.1 Å². The summed E-state index contributed by atoms with van der Waals surface area (Å²) < 4.78 is 17.6. The summed E-state index contributed by atoms with van der Waals surface area (Å²) in [5.74, 6) is 0.0262. The third kappa shape index (κ3) is 4.88. The molecule has 1 N–H and O–H groups in total. The molecule has 2 aromatic carbocycles. The highest BCUT2D eigenvalue weighted by Crippen LogP contribution is 2.29. The molecule has 7 heteroatoms. The normalized spacial score (nSPS) is 10.5. The molecule has 0 saturated heterocycles. The molecule has 0 aliphatic heterocycles. The second kappa shape index (κ2) is 9.38. The second-order valence-corrected chi connectivity index (χ2v) is 7.15. The van der Waals surface area contributed by atoms with Crippen molar-refractivity contribution in [1.29, 1.82) is 0 Å². The van der Waals surface area contributed by atoms with E-state index in [1.165, 1.54) is 7.11 Å². The van der Waals surface area contributed by atoms with Crippen molar-refractivity contribution in [3.63, 3.8) is 0 Å². The number of hydrogen-bond acceptors (Lipinski definition) is 5. The summed E-state index contributed by atoms with van der Waals surface area (Å²) in [6.45, 7) is 5.38. The molecule has 162 valence electrons. The quantitative estimate of drug-likeness (QED) is 0.577. The lowest BCUT2D eigenvalue weighted by molar-refractivity contribution is -0.119. The standard InChI is InChI=1S/C24H26N2O5/c1-15-6-8-18(9-7-15)26-16(2)12-20(17(26)3)24(28)31-14-23(27)25-21-11-10-19(29-4)13-22(21)30-5/h6-13H,14H2,1-5H3,(H,25,27). The van der Waals surface area contributed by atoms with Crippen LogP contribution in [0, 0.1) is 20.8 Å². The number of aromatic nitrogens is 1. The number of carbonyl (C=O) groups is 2. The number of aryl methyl sites for hydroxylation is 2. The summed E-state index contributed by atoms with van der Waals surface area (Å²) in [6.07, 6.45) is 0. The first kappa shape index (κ1) is 22.0. The monoisotopic (exact) mass is 422 g/mol. The van der Waals surface area contributed by atoms with Crippen molar-refractivity contribution in [1.82, 2.24) is 4.57 Å². The van der Waals surface area contributed by atoms with E-state index in [0.29, 0.717) is 22.7 Å². The number of anilines is 1. The Balaban J connectivity index is 1.68. The average molecular weight is 422 g/mol. The highest BCUT2D eigenvalue weighted by atomic mass is 16.5. The van der Waals surface area contributed by atoms with Crippen molar-refractivity contribution in [2.45, 2.75) is 20.8 Å². The number of hydrogen-bond donors (Lipinski definition) is 1. The van der Waals surface area contributed by atoms with E-state index in [4.69, 9.17) is 14.2 Å². The highest BCUT2D eigenvalue weighted by Gasteiger charge is 2.19. The van der Waals surface area contributed by atoms with Crippen molar-refractivity contribution in [2.75, 3.05) is 26.1 Å². The van der Waals surface area contributed by atoms with Gasteiger partial charge in [-0.2, -0.15) is 0 Å². The Kier molecular flexibility index (Phi) is 6.65. The average Bonchev–Trinajstić information content (AvgIpc) is 3.07. The summed E-state index contributed by atoms with van der Waals surface area (Å²) in [7, 11) is 3.04. The van der Waals surface area contributed by atoms with Gasteiger partial charge in [0.05, 0.1) is 25.5 Å². The molecule has 3 rings (SSSR count). The van der Waals surface area contributed by atoms with E-state index in [0.717, 1.165) is 22.6 Å². The van der Waals surface area contributed by atoms with Gasteiger partial charge in [-0.05, 0) is 51.1 Å². The Labute approximate surface area is 181 Å². The van der Waals surface area contributed by atoms with Crippen molar-refractivity contribution in [2.24, 2.45) is 0 Å². The van der Waals surface area contributed by atoms with Gasteiger partial charge in [0.1, 0.15) is 11.5 Å². The van der Waals surface area contributed by atoms with Crippen LogP contribution in [0.15, 0.2) is 48.5 Å². The van der Waals surface area contributed by atoms with E-state index >= 15 is 0 Å². The molecule has 1 aromatic heterocycles. The molecule has 0 bridgehead atoms. The molecule has 0 spiro atoms. The van der Waals surface area contributed by atoms with Gasteiger partial charge in [-0.15, -0.1) is 0 Å². The zero-order chi connectivity index (χ0) is 22.5. The number of amides is 1. The van der Waals surface area contributed by atoms with Crippen molar-refractivity contribution < 1.29 is 23.8 Å². The summed E-state index contributed by atoms with van der Waals surface area (Å²) in [6, 6.07) is 14.8. The van der Waals surface area contributed by atoms with E-state index in [2.05, 4.69) is 5.32 Å². The fraction of sp³-hybridized carbons (Fsp3) is 0.250. The molecule has 0 aliphatic carbocycles. The smallest absolute Gasteiger partial charge is 0.340 e. The number of benzene rings is 2. The molecule has 0 fully saturated rings. The largest absolute Gasteiger partial charge is 0.497 e. The van der Waals surface area contributed by atoms with Crippen LogP contribution in [-0.2, 0) is 9.53 Å². The van der Waals surface area contributed by atoms with E-state index in [-0.39, 0.29) is 0 Å². The van der Waals surface area contributed by atoms with Gasteiger partial charge in [0.2, 0.25) is 0 Å². The van der Waals surface area contributed by atoms with Gasteiger partial charge >= 0.3 is 5.97 Å². The van der Waals surface area contributed by atoms with Crippen LogP contribution in [0.25, 0.3) is 5.69 Å². The third-order valence-corrected chi connectivity index (χ3v) is 4.96. The first-order chi connectivity index (χ1) is 14.8. The lowest BCUT2D eigenvalue weighted by Gasteiger charge is -2.12. The molecule has 7 nitrogen and oxygen atoms in total. The van der Waals surface area contributed by atoms with Crippen LogP contribution in [0.2, 0.25) is 0 Å². The summed E-state index contributed by atoms with van der Waals surface area (Å²) >= 11 is 0. The van der Waals surface area contributed by atoms with Crippen LogP contribution >= 0.6 is 0 Å². The van der Waals surface area contributed by atoms with Gasteiger partial charge < -0.3 is 24.1 Å². The maximum Gasteiger partial charge on any atom is 0.340 e. The molecule has 31 heavy (non-hydrogen) atoms. The van der Waals surface area contributed by atoms with E-state index < -0.39 is 18.5 Å². The fourth-order valence-electron chi connectivity index (χ4n) is 3.36. The van der Waals surface area contributed by atoms with E-state index in [9.17, 15) is 9.59 Å². The summed E-state index contributed by atoms with van der Waals surface area (Å²) in [5, 5.41) is 2.68. The Bertz CT molecular complexity index is 1100. The minimum absolute atomic E-state index is 0.414. The molecule has 0 atom stereocenters. The van der Waals surface area contributed by atoms with Gasteiger partial charge in [-0.1, -0.05) is 17.7 Å². The van der Waals surface area contributed by atoms with Crippen LogP contribution in [0.1, 0.15) is 27.3 Å². The Morgan fingerprint density at radius 3 is 2.29 bits per heavy atom. The van der Waals surface area contributed by atoms with Gasteiger partial charge in [-0.25, -0.2) is 4.79 Å². The van der Waals surface area contributed by atoms with E-state index in [1.807, 2.05) is 49.6 Å². The molecule has 0 aliphatic rings. The van der Waals surface area contributed by atoms with Crippen LogP contribution in [0.3, 0.4) is 0 Å². The van der Waals surface area contributed by atoms with Gasteiger partial charge in [-0.3, -0.25) is 4.79 Å². The minimum Gasteiger partial charge on any atom is -0.497 e. The Morgan fingerprint density at radius 1 is 0.935 bits per heavy atom. The second-order valence-electron chi connectivity index (χ2n) is 7.15. The minimum atomic E-state index is -0.552. The zero-order valence-electron chi connectivity index (χ0n) is 18.3. The maximum absolute atomic E-state index is 12.6. The first-order valence-corrected chi connectivity index (χ1v) is 9.79. The third-order valence-electron chi connectivity index (χ3n) is 4.96. The molecular weight excluding hydrogens is 396 g/mol. The van der Waals surface area contributed by atoms with E-state index in [1.54, 1.807) is 31.4 Å². The number of rotatable bonds is 7. The predicted molar refractivity (Wildman–Crippen MR) is 118 cm³/mol. The molecular formula is C24H26N2O5. The maximum atomic E-state index is 12.6. The predicted octanol–water partition coefficient (Wildman–Crippen LogP) is 4.22. The summed E-state index contributed by atoms with van der Waals surface area (Å²) in [4.78, 5) is 24.9. The number of ether oxygens (including phenoxy) is 3. The molecule has 3 aromatic rings. The van der Waals surface area contributed by atoms with Crippen molar-refractivity contribution >= 4 is 17.6 Å². The van der Waals surface area contributed by atoms with Gasteiger partial charge in [0.25, 0.3) is 5.91 Å². The number of methoxy groups -OCH3 is 2. The summed E-state index contributed by atoms with van der Waals surface area (Å²) in [5.41, 5.74) is 4.66. The van der Waals surface area contributed by atoms with Crippen LogP contribution in [-0.4, -0.2) is 37.3 Å². The number of esters is 1. The van der Waals surface area contributed by atoms with Crippen LogP contribution < -0.4 is 14.8 Å². The first-order valence-electron chi connectivity index (χ1n) is 9.79. The number of carbonyl (C=O) groups excluding carboxylic acids is 2. The molecule has 0 saturated carbocycles. The molecule has 0 radical (unpaired) electrons. The fourth-order valence-corrected chi connectivity index (χ4v) is 3.36. The van der Waals surface area contributed by atoms with Crippen molar-refractivity contribution in [3.05, 3.63) is 71.0 Å². The highest BCUT2D eigenvalue weighted by molar-refractivity contribution is 5.97. The SMILES string of the molecule is COc1ccc(NC(=O)COC(=O)c2cc(C)n(-c3ccc(C)cc3)c2C)c(OC)c1. The topological polar surface area (TPSA) is 78.8 Å².